The Morgan fingerprint density at radius 2 is 2.05 bits per heavy atom. The van der Waals surface area contributed by atoms with Gasteiger partial charge in [0.1, 0.15) is 5.82 Å². The van der Waals surface area contributed by atoms with Crippen LogP contribution < -0.4 is 5.32 Å². The average molecular weight is 280 g/mol. The number of hydrogen-bond acceptors (Lipinski definition) is 3. The van der Waals surface area contributed by atoms with E-state index in [1.807, 2.05) is 31.7 Å². The number of pyridine rings is 1. The number of benzene rings is 1. The van der Waals surface area contributed by atoms with E-state index in [1.54, 1.807) is 0 Å². The summed E-state index contributed by atoms with van der Waals surface area (Å²) in [6.07, 6.45) is 6.55. The first-order valence-electron chi connectivity index (χ1n) is 7.33. The zero-order valence-electron chi connectivity index (χ0n) is 12.5. The molecule has 0 aliphatic rings. The van der Waals surface area contributed by atoms with Crippen molar-refractivity contribution in [2.45, 2.75) is 19.4 Å². The van der Waals surface area contributed by atoms with E-state index in [0.717, 1.165) is 24.3 Å². The molecule has 1 N–H and O–H groups in total. The number of hydrogen-bond donors (Lipinski definition) is 1. The first-order valence-corrected chi connectivity index (χ1v) is 7.33. The lowest BCUT2D eigenvalue weighted by atomic mass is 9.98. The summed E-state index contributed by atoms with van der Waals surface area (Å²) < 4.78 is 2.08. The normalized spacial score (nSPS) is 12.7. The van der Waals surface area contributed by atoms with Gasteiger partial charge >= 0.3 is 0 Å². The van der Waals surface area contributed by atoms with E-state index in [9.17, 15) is 0 Å². The van der Waals surface area contributed by atoms with Crippen LogP contribution in [0.15, 0.2) is 48.9 Å². The Morgan fingerprint density at radius 3 is 2.81 bits per heavy atom. The summed E-state index contributed by atoms with van der Waals surface area (Å²) in [5.41, 5.74) is 2.32. The Morgan fingerprint density at radius 1 is 1.14 bits per heavy atom. The quantitative estimate of drug-likeness (QED) is 0.781. The third kappa shape index (κ3) is 2.81. The second-order valence-corrected chi connectivity index (χ2v) is 5.19. The predicted molar refractivity (Wildman–Crippen MR) is 85.1 cm³/mol. The summed E-state index contributed by atoms with van der Waals surface area (Å²) >= 11 is 0. The number of fused-ring (bicyclic) bond motifs is 1. The Kier molecular flexibility index (Phi) is 3.97. The zero-order valence-corrected chi connectivity index (χ0v) is 12.5. The molecule has 0 aliphatic carbocycles. The van der Waals surface area contributed by atoms with Crippen LogP contribution >= 0.6 is 0 Å². The van der Waals surface area contributed by atoms with Gasteiger partial charge in [-0.1, -0.05) is 25.1 Å². The maximum Gasteiger partial charge on any atom is 0.110 e. The summed E-state index contributed by atoms with van der Waals surface area (Å²) in [6, 6.07) is 10.7. The number of nitrogens with zero attached hydrogens (tertiary/aromatic N) is 3. The lowest BCUT2D eigenvalue weighted by Crippen LogP contribution is -2.24. The monoisotopic (exact) mass is 280 g/mol. The molecule has 0 saturated heterocycles. The number of imidazole rings is 1. The molecule has 0 radical (unpaired) electrons. The highest BCUT2D eigenvalue weighted by Gasteiger charge is 2.16. The van der Waals surface area contributed by atoms with Crippen LogP contribution in [0.4, 0.5) is 0 Å². The van der Waals surface area contributed by atoms with E-state index >= 15 is 0 Å². The number of nitrogens with one attached hydrogen (secondary N) is 1. The van der Waals surface area contributed by atoms with Crippen molar-refractivity contribution in [3.8, 4) is 0 Å². The molecule has 2 aromatic heterocycles. The topological polar surface area (TPSA) is 42.7 Å². The van der Waals surface area contributed by atoms with Gasteiger partial charge in [-0.2, -0.15) is 0 Å². The van der Waals surface area contributed by atoms with Crippen LogP contribution in [0.1, 0.15) is 24.4 Å². The van der Waals surface area contributed by atoms with E-state index < -0.39 is 0 Å². The van der Waals surface area contributed by atoms with Crippen LogP contribution in [0, 0.1) is 0 Å². The standard InChI is InChI=1S/C17H20N4/c1-3-18-16(12-17-20-10-11-21(17)2)14-6-4-8-15-13(14)7-5-9-19-15/h4-11,16,18H,3,12H2,1-2H3. The van der Waals surface area contributed by atoms with Crippen LogP contribution in [0.25, 0.3) is 10.9 Å². The van der Waals surface area contributed by atoms with Gasteiger partial charge in [0.25, 0.3) is 0 Å². The molecule has 1 aromatic carbocycles. The molecule has 1 atom stereocenters. The van der Waals surface area contributed by atoms with Crippen molar-refractivity contribution in [3.63, 3.8) is 0 Å². The van der Waals surface area contributed by atoms with Gasteiger partial charge in [-0.3, -0.25) is 4.98 Å². The van der Waals surface area contributed by atoms with E-state index in [1.165, 1.54) is 10.9 Å². The van der Waals surface area contributed by atoms with Gasteiger partial charge in [0.2, 0.25) is 0 Å². The summed E-state index contributed by atoms with van der Waals surface area (Å²) in [6.45, 7) is 3.06. The maximum atomic E-state index is 4.45. The molecule has 0 aliphatic heterocycles. The molecule has 0 spiro atoms. The molecule has 4 nitrogen and oxygen atoms in total. The van der Waals surface area contributed by atoms with Crippen LogP contribution in [0.2, 0.25) is 0 Å². The molecule has 4 heteroatoms. The minimum Gasteiger partial charge on any atom is -0.338 e. The molecule has 0 saturated carbocycles. The second kappa shape index (κ2) is 6.06. The van der Waals surface area contributed by atoms with E-state index in [2.05, 4.69) is 51.0 Å². The molecule has 21 heavy (non-hydrogen) atoms. The molecule has 2 heterocycles. The van der Waals surface area contributed by atoms with E-state index in [4.69, 9.17) is 0 Å². The fourth-order valence-electron chi connectivity index (χ4n) is 2.75. The first-order chi connectivity index (χ1) is 10.3. The molecule has 0 bridgehead atoms. The molecule has 0 amide bonds. The Balaban J connectivity index is 2.01. The number of rotatable bonds is 5. The minimum atomic E-state index is 0.240. The Labute approximate surface area is 124 Å². The van der Waals surface area contributed by atoms with Gasteiger partial charge < -0.3 is 9.88 Å². The fourth-order valence-corrected chi connectivity index (χ4v) is 2.75. The third-order valence-corrected chi connectivity index (χ3v) is 3.81. The van der Waals surface area contributed by atoms with Crippen molar-refractivity contribution in [2.24, 2.45) is 7.05 Å². The Bertz CT molecular complexity index is 727. The average Bonchev–Trinajstić information content (AvgIpc) is 2.91. The van der Waals surface area contributed by atoms with Crippen molar-refractivity contribution >= 4 is 10.9 Å². The fraction of sp³-hybridized carbons (Fsp3) is 0.294. The highest BCUT2D eigenvalue weighted by atomic mass is 15.0. The second-order valence-electron chi connectivity index (χ2n) is 5.19. The van der Waals surface area contributed by atoms with Crippen molar-refractivity contribution in [1.29, 1.82) is 0 Å². The lowest BCUT2D eigenvalue weighted by Gasteiger charge is -2.20. The van der Waals surface area contributed by atoms with Crippen LogP contribution in [-0.2, 0) is 13.5 Å². The summed E-state index contributed by atoms with van der Waals surface area (Å²) in [7, 11) is 2.04. The van der Waals surface area contributed by atoms with Gasteiger partial charge in [-0.25, -0.2) is 4.98 Å². The molecule has 108 valence electrons. The maximum absolute atomic E-state index is 4.45. The van der Waals surface area contributed by atoms with E-state index in [-0.39, 0.29) is 6.04 Å². The van der Waals surface area contributed by atoms with Crippen LogP contribution in [0.3, 0.4) is 0 Å². The summed E-state index contributed by atoms with van der Waals surface area (Å²) in [4.78, 5) is 8.90. The highest BCUT2D eigenvalue weighted by molar-refractivity contribution is 5.82. The molecular formula is C17H20N4. The molecule has 3 aromatic rings. The third-order valence-electron chi connectivity index (χ3n) is 3.81. The molecule has 0 fully saturated rings. The number of likely N-dealkylation sites (N-methyl/N-ethyl adjacent to an activating group) is 1. The Hall–Kier alpha value is -2.20. The van der Waals surface area contributed by atoms with Gasteiger partial charge in [0.05, 0.1) is 5.52 Å². The van der Waals surface area contributed by atoms with Gasteiger partial charge in [-0.05, 0) is 24.2 Å². The largest absolute Gasteiger partial charge is 0.338 e. The predicted octanol–water partition coefficient (Wildman–Crippen LogP) is 2.86. The number of aryl methyl sites for hydroxylation is 1. The minimum absolute atomic E-state index is 0.240. The van der Waals surface area contributed by atoms with Crippen molar-refractivity contribution in [2.75, 3.05) is 6.54 Å². The lowest BCUT2D eigenvalue weighted by molar-refractivity contribution is 0.532. The van der Waals surface area contributed by atoms with Crippen LogP contribution in [-0.4, -0.2) is 21.1 Å². The van der Waals surface area contributed by atoms with Crippen molar-refractivity contribution in [3.05, 3.63) is 60.3 Å². The van der Waals surface area contributed by atoms with Crippen LogP contribution in [0.5, 0.6) is 0 Å². The summed E-state index contributed by atoms with van der Waals surface area (Å²) in [5, 5.41) is 4.78. The molecular weight excluding hydrogens is 260 g/mol. The summed E-state index contributed by atoms with van der Waals surface area (Å²) in [5.74, 6) is 1.09. The number of aromatic nitrogens is 3. The SMILES string of the molecule is CCNC(Cc1nccn1C)c1cccc2ncccc12. The van der Waals surface area contributed by atoms with Gasteiger partial charge in [0, 0.05) is 43.5 Å². The molecule has 3 rings (SSSR count). The van der Waals surface area contributed by atoms with Crippen molar-refractivity contribution in [1.82, 2.24) is 19.9 Å². The molecule has 1 unspecified atom stereocenters. The van der Waals surface area contributed by atoms with Crippen molar-refractivity contribution < 1.29 is 0 Å². The zero-order chi connectivity index (χ0) is 14.7. The van der Waals surface area contributed by atoms with Gasteiger partial charge in [0.15, 0.2) is 0 Å². The highest BCUT2D eigenvalue weighted by Crippen LogP contribution is 2.25. The van der Waals surface area contributed by atoms with Gasteiger partial charge in [-0.15, -0.1) is 0 Å². The van der Waals surface area contributed by atoms with E-state index in [0.29, 0.717) is 0 Å². The smallest absolute Gasteiger partial charge is 0.110 e. The first kappa shape index (κ1) is 13.8.